The standard InChI is InChI=1S/C21H37N3O3S/c1-4-6-12-24(13-7-5-2)28(25,26)22-18-21(23-14-16-27-17-15-23)20-10-8-19(3)9-11-20/h8-11,21-22H,4-7,12-18H2,1-3H3/t21-/m1/s1. The van der Waals surface area contributed by atoms with Crippen LogP contribution in [0.1, 0.15) is 56.7 Å². The molecule has 7 heteroatoms. The van der Waals surface area contributed by atoms with E-state index in [9.17, 15) is 8.42 Å². The number of nitrogens with zero attached hydrogens (tertiary/aromatic N) is 2. The molecular weight excluding hydrogens is 374 g/mol. The molecule has 28 heavy (non-hydrogen) atoms. The lowest BCUT2D eigenvalue weighted by atomic mass is 10.0. The lowest BCUT2D eigenvalue weighted by Gasteiger charge is -2.35. The van der Waals surface area contributed by atoms with Crippen LogP contribution in [0, 0.1) is 6.92 Å². The molecule has 0 saturated carbocycles. The largest absolute Gasteiger partial charge is 0.379 e. The fourth-order valence-electron chi connectivity index (χ4n) is 3.43. The molecule has 1 aromatic carbocycles. The van der Waals surface area contributed by atoms with Crippen LogP contribution in [-0.4, -0.2) is 63.6 Å². The molecule has 1 saturated heterocycles. The lowest BCUT2D eigenvalue weighted by molar-refractivity contribution is 0.0171. The Balaban J connectivity index is 2.11. The maximum atomic E-state index is 13.0. The molecule has 0 aliphatic carbocycles. The van der Waals surface area contributed by atoms with Crippen molar-refractivity contribution >= 4 is 10.2 Å². The third-order valence-electron chi connectivity index (χ3n) is 5.27. The average Bonchev–Trinajstić information content (AvgIpc) is 2.70. The monoisotopic (exact) mass is 411 g/mol. The molecule has 1 fully saturated rings. The van der Waals surface area contributed by atoms with E-state index in [2.05, 4.69) is 54.7 Å². The maximum Gasteiger partial charge on any atom is 0.279 e. The predicted octanol–water partition coefficient (Wildman–Crippen LogP) is 3.10. The number of rotatable bonds is 12. The van der Waals surface area contributed by atoms with Crippen LogP contribution in [0.25, 0.3) is 0 Å². The van der Waals surface area contributed by atoms with Crippen LogP contribution in [0.15, 0.2) is 24.3 Å². The Kier molecular flexibility index (Phi) is 9.88. The molecule has 0 spiro atoms. The highest BCUT2D eigenvalue weighted by molar-refractivity contribution is 7.87. The van der Waals surface area contributed by atoms with Crippen molar-refractivity contribution in [2.24, 2.45) is 0 Å². The second-order valence-corrected chi connectivity index (χ2v) is 9.29. The van der Waals surface area contributed by atoms with Gasteiger partial charge in [0, 0.05) is 38.8 Å². The normalized spacial score (nSPS) is 17.1. The Morgan fingerprint density at radius 3 is 2.18 bits per heavy atom. The topological polar surface area (TPSA) is 61.9 Å². The molecule has 2 rings (SSSR count). The van der Waals surface area contributed by atoms with Gasteiger partial charge >= 0.3 is 0 Å². The quantitative estimate of drug-likeness (QED) is 0.574. The number of morpholine rings is 1. The smallest absolute Gasteiger partial charge is 0.279 e. The van der Waals surface area contributed by atoms with Gasteiger partial charge < -0.3 is 4.74 Å². The summed E-state index contributed by atoms with van der Waals surface area (Å²) in [5.74, 6) is 0. The Morgan fingerprint density at radius 1 is 1.07 bits per heavy atom. The molecule has 6 nitrogen and oxygen atoms in total. The van der Waals surface area contributed by atoms with Crippen molar-refractivity contribution in [2.45, 2.75) is 52.5 Å². The van der Waals surface area contributed by atoms with Gasteiger partial charge in [-0.3, -0.25) is 4.90 Å². The van der Waals surface area contributed by atoms with Gasteiger partial charge in [0.2, 0.25) is 0 Å². The number of aryl methyl sites for hydroxylation is 1. The third-order valence-corrected chi connectivity index (χ3v) is 6.85. The molecular formula is C21H37N3O3S. The molecule has 0 radical (unpaired) electrons. The molecule has 0 amide bonds. The van der Waals surface area contributed by atoms with Crippen molar-refractivity contribution < 1.29 is 13.2 Å². The number of ether oxygens (including phenoxy) is 1. The second-order valence-electron chi connectivity index (χ2n) is 7.53. The summed E-state index contributed by atoms with van der Waals surface area (Å²) in [6.45, 7) is 10.8. The van der Waals surface area contributed by atoms with E-state index in [0.717, 1.165) is 44.3 Å². The first-order valence-corrected chi connectivity index (χ1v) is 12.0. The molecule has 1 N–H and O–H groups in total. The first kappa shape index (κ1) is 23.3. The van der Waals surface area contributed by atoms with Crippen molar-refractivity contribution in [3.05, 3.63) is 35.4 Å². The van der Waals surface area contributed by atoms with Gasteiger partial charge in [-0.15, -0.1) is 0 Å². The molecule has 1 atom stereocenters. The van der Waals surface area contributed by atoms with Crippen LogP contribution < -0.4 is 4.72 Å². The fraction of sp³-hybridized carbons (Fsp3) is 0.714. The van der Waals surface area contributed by atoms with E-state index in [4.69, 9.17) is 4.74 Å². The van der Waals surface area contributed by atoms with Crippen LogP contribution in [0.3, 0.4) is 0 Å². The van der Waals surface area contributed by atoms with Crippen molar-refractivity contribution in [3.8, 4) is 0 Å². The zero-order valence-corrected chi connectivity index (χ0v) is 18.5. The predicted molar refractivity (Wildman–Crippen MR) is 115 cm³/mol. The van der Waals surface area contributed by atoms with Gasteiger partial charge in [-0.2, -0.15) is 12.7 Å². The molecule has 1 heterocycles. The molecule has 0 aromatic heterocycles. The van der Waals surface area contributed by atoms with Crippen LogP contribution >= 0.6 is 0 Å². The lowest BCUT2D eigenvalue weighted by Crippen LogP contribution is -2.47. The SMILES string of the molecule is CCCCN(CCCC)S(=O)(=O)NC[C@H](c1ccc(C)cc1)N1CCOCC1. The highest BCUT2D eigenvalue weighted by Crippen LogP contribution is 2.22. The van der Waals surface area contributed by atoms with Crippen molar-refractivity contribution in [1.82, 2.24) is 13.9 Å². The van der Waals surface area contributed by atoms with Gasteiger partial charge in [-0.05, 0) is 25.3 Å². The van der Waals surface area contributed by atoms with Crippen molar-refractivity contribution in [1.29, 1.82) is 0 Å². The summed E-state index contributed by atoms with van der Waals surface area (Å²) in [4.78, 5) is 2.32. The second kappa shape index (κ2) is 11.9. The van der Waals surface area contributed by atoms with Gasteiger partial charge in [-0.1, -0.05) is 56.5 Å². The summed E-state index contributed by atoms with van der Waals surface area (Å²) < 4.78 is 36.0. The molecule has 1 aromatic rings. The Bertz CT molecular complexity index is 650. The summed E-state index contributed by atoms with van der Waals surface area (Å²) in [5.41, 5.74) is 2.35. The van der Waals surface area contributed by atoms with Crippen LogP contribution in [-0.2, 0) is 14.9 Å². The molecule has 0 bridgehead atoms. The Morgan fingerprint density at radius 2 is 1.64 bits per heavy atom. The summed E-state index contributed by atoms with van der Waals surface area (Å²) >= 11 is 0. The van der Waals surface area contributed by atoms with Gasteiger partial charge in [0.25, 0.3) is 10.2 Å². The average molecular weight is 412 g/mol. The first-order valence-electron chi connectivity index (χ1n) is 10.6. The minimum absolute atomic E-state index is 0.0125. The number of unbranched alkanes of at least 4 members (excludes halogenated alkanes) is 2. The maximum absolute atomic E-state index is 13.0. The van der Waals surface area contributed by atoms with Gasteiger partial charge in [0.15, 0.2) is 0 Å². The van der Waals surface area contributed by atoms with Crippen molar-refractivity contribution in [3.63, 3.8) is 0 Å². The van der Waals surface area contributed by atoms with Gasteiger partial charge in [0.1, 0.15) is 0 Å². The zero-order valence-electron chi connectivity index (χ0n) is 17.7. The van der Waals surface area contributed by atoms with Crippen molar-refractivity contribution in [2.75, 3.05) is 45.9 Å². The third kappa shape index (κ3) is 7.12. The minimum Gasteiger partial charge on any atom is -0.379 e. The van der Waals surface area contributed by atoms with E-state index in [1.54, 1.807) is 4.31 Å². The zero-order chi connectivity index (χ0) is 20.4. The minimum atomic E-state index is -3.49. The molecule has 1 aliphatic rings. The van der Waals surface area contributed by atoms with E-state index in [0.29, 0.717) is 32.8 Å². The molecule has 0 unspecified atom stereocenters. The van der Waals surface area contributed by atoms with E-state index >= 15 is 0 Å². The fourth-order valence-corrected chi connectivity index (χ4v) is 4.72. The van der Waals surface area contributed by atoms with E-state index in [1.165, 1.54) is 5.56 Å². The van der Waals surface area contributed by atoms with Gasteiger partial charge in [-0.25, -0.2) is 4.72 Å². The summed E-state index contributed by atoms with van der Waals surface area (Å²) in [5, 5.41) is 0. The van der Waals surface area contributed by atoms with E-state index in [-0.39, 0.29) is 6.04 Å². The Hall–Kier alpha value is -0.990. The number of hydrogen-bond acceptors (Lipinski definition) is 4. The number of nitrogens with one attached hydrogen (secondary N) is 1. The highest BCUT2D eigenvalue weighted by Gasteiger charge is 2.27. The van der Waals surface area contributed by atoms with Crippen LogP contribution in [0.5, 0.6) is 0 Å². The van der Waals surface area contributed by atoms with E-state index < -0.39 is 10.2 Å². The number of benzene rings is 1. The van der Waals surface area contributed by atoms with E-state index in [1.807, 2.05) is 0 Å². The molecule has 160 valence electrons. The van der Waals surface area contributed by atoms with Gasteiger partial charge in [0.05, 0.1) is 13.2 Å². The first-order chi connectivity index (χ1) is 13.5. The summed E-state index contributed by atoms with van der Waals surface area (Å²) in [7, 11) is -3.49. The molecule has 1 aliphatic heterocycles. The van der Waals surface area contributed by atoms with Crippen LogP contribution in [0.4, 0.5) is 0 Å². The Labute approximate surface area is 171 Å². The summed E-state index contributed by atoms with van der Waals surface area (Å²) in [6, 6.07) is 8.40. The number of hydrogen-bond donors (Lipinski definition) is 1. The highest BCUT2D eigenvalue weighted by atomic mass is 32.2. The summed E-state index contributed by atoms with van der Waals surface area (Å²) in [6.07, 6.45) is 3.74. The van der Waals surface area contributed by atoms with Crippen LogP contribution in [0.2, 0.25) is 0 Å².